The Morgan fingerprint density at radius 2 is 1.70 bits per heavy atom. The van der Waals surface area contributed by atoms with Crippen LogP contribution in [0.1, 0.15) is 60.4 Å². The van der Waals surface area contributed by atoms with Crippen LogP contribution in [0.25, 0.3) is 10.2 Å². The quantitative estimate of drug-likeness (QED) is 0.664. The zero-order valence-corrected chi connectivity index (χ0v) is 15.2. The highest BCUT2D eigenvalue weighted by Crippen LogP contribution is 2.32. The lowest BCUT2D eigenvalue weighted by Gasteiger charge is -2.12. The summed E-state index contributed by atoms with van der Waals surface area (Å²) in [5, 5.41) is 1.21. The van der Waals surface area contributed by atoms with E-state index >= 15 is 0 Å². The standard InChI is InChI=1S/C19H23N3S/c1-11(2)19-22-16-8-6-7-15(17(16)23-19)9-12(3)18-20-13(4)10-14(5)21-18/h6-8,10-12H,9H2,1-5H3. The summed E-state index contributed by atoms with van der Waals surface area (Å²) in [6.45, 7) is 10.7. The van der Waals surface area contributed by atoms with Crippen molar-refractivity contribution in [3.63, 3.8) is 0 Å². The van der Waals surface area contributed by atoms with E-state index in [1.54, 1.807) is 0 Å². The van der Waals surface area contributed by atoms with Crippen LogP contribution in [0.15, 0.2) is 24.3 Å². The second-order valence-corrected chi connectivity index (χ2v) is 7.62. The summed E-state index contributed by atoms with van der Waals surface area (Å²) in [7, 11) is 0. The van der Waals surface area contributed by atoms with Gasteiger partial charge in [0.25, 0.3) is 0 Å². The third-order valence-corrected chi connectivity index (χ3v) is 5.42. The molecule has 0 spiro atoms. The van der Waals surface area contributed by atoms with E-state index in [0.29, 0.717) is 11.8 Å². The second kappa shape index (κ2) is 6.36. The van der Waals surface area contributed by atoms with E-state index in [1.165, 1.54) is 15.3 Å². The number of nitrogens with zero attached hydrogens (tertiary/aromatic N) is 3. The molecule has 120 valence electrons. The van der Waals surface area contributed by atoms with E-state index in [2.05, 4.69) is 48.9 Å². The first kappa shape index (κ1) is 16.1. The van der Waals surface area contributed by atoms with Gasteiger partial charge in [-0.2, -0.15) is 0 Å². The summed E-state index contributed by atoms with van der Waals surface area (Å²) in [6.07, 6.45) is 0.944. The van der Waals surface area contributed by atoms with Crippen LogP contribution in [-0.4, -0.2) is 15.0 Å². The van der Waals surface area contributed by atoms with Gasteiger partial charge in [0.2, 0.25) is 0 Å². The molecule has 0 N–H and O–H groups in total. The largest absolute Gasteiger partial charge is 0.241 e. The molecule has 1 unspecified atom stereocenters. The highest BCUT2D eigenvalue weighted by molar-refractivity contribution is 7.18. The van der Waals surface area contributed by atoms with Gasteiger partial charge in [-0.05, 0) is 38.0 Å². The van der Waals surface area contributed by atoms with Gasteiger partial charge < -0.3 is 0 Å². The van der Waals surface area contributed by atoms with Gasteiger partial charge in [0.15, 0.2) is 0 Å². The predicted molar refractivity (Wildman–Crippen MR) is 97.3 cm³/mol. The van der Waals surface area contributed by atoms with Gasteiger partial charge in [-0.25, -0.2) is 15.0 Å². The molecule has 0 saturated carbocycles. The van der Waals surface area contributed by atoms with Crippen molar-refractivity contribution in [3.05, 3.63) is 52.0 Å². The summed E-state index contributed by atoms with van der Waals surface area (Å²) in [5.41, 5.74) is 4.54. The lowest BCUT2D eigenvalue weighted by atomic mass is 10.00. The molecule has 1 atom stereocenters. The van der Waals surface area contributed by atoms with Crippen molar-refractivity contribution in [2.45, 2.75) is 52.9 Å². The molecule has 0 aliphatic rings. The Labute approximate surface area is 141 Å². The van der Waals surface area contributed by atoms with Gasteiger partial charge in [0.1, 0.15) is 5.82 Å². The van der Waals surface area contributed by atoms with Crippen molar-refractivity contribution in [1.29, 1.82) is 0 Å². The van der Waals surface area contributed by atoms with Crippen molar-refractivity contribution in [2.75, 3.05) is 0 Å². The number of rotatable bonds is 4. The first-order valence-electron chi connectivity index (χ1n) is 8.14. The van der Waals surface area contributed by atoms with Crippen LogP contribution in [0, 0.1) is 13.8 Å². The second-order valence-electron chi connectivity index (χ2n) is 6.59. The molecule has 3 rings (SSSR count). The molecule has 0 saturated heterocycles. The minimum Gasteiger partial charge on any atom is -0.241 e. The van der Waals surface area contributed by atoms with Gasteiger partial charge in [-0.15, -0.1) is 11.3 Å². The topological polar surface area (TPSA) is 38.7 Å². The molecule has 0 bridgehead atoms. The van der Waals surface area contributed by atoms with E-state index in [4.69, 9.17) is 4.98 Å². The molecule has 2 aromatic heterocycles. The molecule has 3 nitrogen and oxygen atoms in total. The third kappa shape index (κ3) is 3.42. The highest BCUT2D eigenvalue weighted by Gasteiger charge is 2.15. The van der Waals surface area contributed by atoms with Crippen LogP contribution in [0.4, 0.5) is 0 Å². The summed E-state index contributed by atoms with van der Waals surface area (Å²) < 4.78 is 1.31. The molecule has 0 amide bonds. The van der Waals surface area contributed by atoms with E-state index in [-0.39, 0.29) is 0 Å². The Hall–Kier alpha value is -1.81. The van der Waals surface area contributed by atoms with Crippen molar-refractivity contribution in [2.24, 2.45) is 0 Å². The maximum atomic E-state index is 4.77. The molecule has 0 radical (unpaired) electrons. The van der Waals surface area contributed by atoms with Gasteiger partial charge in [-0.3, -0.25) is 0 Å². The summed E-state index contributed by atoms with van der Waals surface area (Å²) >= 11 is 1.82. The Kier molecular flexibility index (Phi) is 4.44. The lowest BCUT2D eigenvalue weighted by molar-refractivity contribution is 0.691. The summed E-state index contributed by atoms with van der Waals surface area (Å²) in [5.74, 6) is 1.71. The maximum Gasteiger partial charge on any atom is 0.131 e. The van der Waals surface area contributed by atoms with Crippen molar-refractivity contribution in [3.8, 4) is 0 Å². The first-order valence-corrected chi connectivity index (χ1v) is 8.96. The fraction of sp³-hybridized carbons (Fsp3) is 0.421. The van der Waals surface area contributed by atoms with Crippen LogP contribution < -0.4 is 0 Å². The zero-order chi connectivity index (χ0) is 16.6. The number of thiazole rings is 1. The Balaban J connectivity index is 1.94. The van der Waals surface area contributed by atoms with Gasteiger partial charge in [0.05, 0.1) is 15.2 Å². The van der Waals surface area contributed by atoms with Crippen LogP contribution in [0.2, 0.25) is 0 Å². The van der Waals surface area contributed by atoms with E-state index in [0.717, 1.165) is 29.1 Å². The summed E-state index contributed by atoms with van der Waals surface area (Å²) in [6, 6.07) is 8.45. The van der Waals surface area contributed by atoms with Crippen molar-refractivity contribution < 1.29 is 0 Å². The van der Waals surface area contributed by atoms with Crippen LogP contribution in [0.5, 0.6) is 0 Å². The summed E-state index contributed by atoms with van der Waals surface area (Å²) in [4.78, 5) is 14.0. The van der Waals surface area contributed by atoms with Crippen LogP contribution in [-0.2, 0) is 6.42 Å². The molecular formula is C19H23N3S. The minimum atomic E-state index is 0.295. The minimum absolute atomic E-state index is 0.295. The molecule has 3 aromatic rings. The fourth-order valence-corrected chi connectivity index (χ4v) is 3.92. The maximum absolute atomic E-state index is 4.77. The number of aryl methyl sites for hydroxylation is 2. The number of benzene rings is 1. The normalized spacial score (nSPS) is 13.0. The zero-order valence-electron chi connectivity index (χ0n) is 14.4. The molecular weight excluding hydrogens is 302 g/mol. The number of aromatic nitrogens is 3. The molecule has 23 heavy (non-hydrogen) atoms. The average Bonchev–Trinajstić information content (AvgIpc) is 2.91. The Bertz CT molecular complexity index is 815. The Morgan fingerprint density at radius 1 is 1.00 bits per heavy atom. The molecule has 0 fully saturated rings. The highest BCUT2D eigenvalue weighted by atomic mass is 32.1. The predicted octanol–water partition coefficient (Wildman–Crippen LogP) is 5.17. The lowest BCUT2D eigenvalue weighted by Crippen LogP contribution is -2.06. The first-order chi connectivity index (χ1) is 10.9. The molecule has 0 aliphatic heterocycles. The fourth-order valence-electron chi connectivity index (χ4n) is 2.83. The molecule has 0 aliphatic carbocycles. The molecule has 1 aromatic carbocycles. The van der Waals surface area contributed by atoms with E-state index < -0.39 is 0 Å². The van der Waals surface area contributed by atoms with E-state index in [1.807, 2.05) is 31.3 Å². The van der Waals surface area contributed by atoms with Gasteiger partial charge >= 0.3 is 0 Å². The number of hydrogen-bond acceptors (Lipinski definition) is 4. The Morgan fingerprint density at radius 3 is 2.35 bits per heavy atom. The van der Waals surface area contributed by atoms with Gasteiger partial charge in [-0.1, -0.05) is 32.9 Å². The molecule has 4 heteroatoms. The number of hydrogen-bond donors (Lipinski definition) is 0. The van der Waals surface area contributed by atoms with Crippen molar-refractivity contribution in [1.82, 2.24) is 15.0 Å². The van der Waals surface area contributed by atoms with Gasteiger partial charge in [0, 0.05) is 23.2 Å². The SMILES string of the molecule is Cc1cc(C)nc(C(C)Cc2cccc3nc(C(C)C)sc23)n1. The molecule has 2 heterocycles. The monoisotopic (exact) mass is 325 g/mol. The van der Waals surface area contributed by atoms with Crippen molar-refractivity contribution >= 4 is 21.6 Å². The third-order valence-electron chi connectivity index (χ3n) is 3.97. The van der Waals surface area contributed by atoms with E-state index in [9.17, 15) is 0 Å². The van der Waals surface area contributed by atoms with Crippen LogP contribution >= 0.6 is 11.3 Å². The average molecular weight is 325 g/mol. The van der Waals surface area contributed by atoms with Crippen LogP contribution in [0.3, 0.4) is 0 Å². The number of fused-ring (bicyclic) bond motifs is 1. The smallest absolute Gasteiger partial charge is 0.131 e.